The summed E-state index contributed by atoms with van der Waals surface area (Å²) in [6.07, 6.45) is 40.8. The average Bonchev–Trinajstić information content (AvgIpc) is 3.05. The number of hydrogen-bond acceptors (Lipinski definition) is 6. The lowest BCUT2D eigenvalue weighted by Gasteiger charge is -2.17. The van der Waals surface area contributed by atoms with E-state index in [4.69, 9.17) is 19.3 Å². The third-order valence-electron chi connectivity index (χ3n) is 8.25. The van der Waals surface area contributed by atoms with E-state index in [1.165, 1.54) is 134 Å². The Bertz CT molecular complexity index is 879. The van der Waals surface area contributed by atoms with Gasteiger partial charge in [0.15, 0.2) is 6.10 Å². The molecule has 0 saturated heterocycles. The number of rotatable bonds is 35. The fourth-order valence-electron chi connectivity index (χ4n) is 5.36. The zero-order valence-electron chi connectivity index (χ0n) is 30.6. The van der Waals surface area contributed by atoms with Crippen LogP contribution in [0.4, 0.5) is 0 Å². The normalized spacial score (nSPS) is 12.8. The van der Waals surface area contributed by atoms with Crippen molar-refractivity contribution in [3.63, 3.8) is 0 Å². The third kappa shape index (κ3) is 37.1. The number of carbonyl (C=O) groups excluding carboxylic acids is 2. The summed E-state index contributed by atoms with van der Waals surface area (Å²) in [5, 5.41) is 0. The van der Waals surface area contributed by atoms with Crippen LogP contribution < -0.4 is 0 Å². The Hall–Kier alpha value is -1.73. The van der Waals surface area contributed by atoms with Crippen molar-refractivity contribution in [1.29, 1.82) is 0 Å². The van der Waals surface area contributed by atoms with E-state index in [0.29, 0.717) is 6.42 Å². The molecule has 0 saturated carbocycles. The SMILES string of the molecule is CCCCCCCCCCCCC/C=C/C=C/C(=O)OC[C@H](COP(=O)(O)O)OC(=O)CC/C=C/CCCCCCCCCCCCC. The predicted octanol–water partition coefficient (Wildman–Crippen LogP) is 11.4. The highest BCUT2D eigenvalue weighted by atomic mass is 31.2. The Morgan fingerprint density at radius 2 is 1.02 bits per heavy atom. The van der Waals surface area contributed by atoms with Crippen molar-refractivity contribution >= 4 is 19.8 Å². The minimum absolute atomic E-state index is 0.110. The zero-order chi connectivity index (χ0) is 35.4. The van der Waals surface area contributed by atoms with Gasteiger partial charge in [-0.1, -0.05) is 173 Å². The molecule has 0 radical (unpaired) electrons. The number of esters is 2. The smallest absolute Gasteiger partial charge is 0.458 e. The standard InChI is InChI=1S/C39H71O8P/c1-3-5-7-9-11-13-15-17-19-21-23-25-27-29-31-33-38(40)45-35-37(36-46-48(42,43)44)47-39(41)34-32-30-28-26-24-22-20-18-16-14-12-10-8-6-4-2/h27-31,33,37H,3-26,32,34-36H2,1-2H3,(H2,42,43,44)/b29-27+,30-28+,33-31+/t37-/m1/s1. The van der Waals surface area contributed by atoms with Gasteiger partial charge in [-0.2, -0.15) is 0 Å². The van der Waals surface area contributed by atoms with E-state index in [-0.39, 0.29) is 13.0 Å². The van der Waals surface area contributed by atoms with Crippen molar-refractivity contribution in [2.45, 2.75) is 187 Å². The van der Waals surface area contributed by atoms with Crippen molar-refractivity contribution in [1.82, 2.24) is 0 Å². The van der Waals surface area contributed by atoms with Gasteiger partial charge in [0.1, 0.15) is 6.61 Å². The molecule has 0 spiro atoms. The molecule has 0 amide bonds. The number of hydrogen-bond donors (Lipinski definition) is 2. The molecular formula is C39H71O8P. The number of phosphoric ester groups is 1. The minimum atomic E-state index is -4.78. The van der Waals surface area contributed by atoms with Gasteiger partial charge in [-0.3, -0.25) is 9.32 Å². The molecule has 0 unspecified atom stereocenters. The van der Waals surface area contributed by atoms with Crippen molar-refractivity contribution in [3.8, 4) is 0 Å². The van der Waals surface area contributed by atoms with Crippen LogP contribution in [0, 0.1) is 0 Å². The second-order valence-corrected chi connectivity index (χ2v) is 14.2. The lowest BCUT2D eigenvalue weighted by molar-refractivity contribution is -0.159. The van der Waals surface area contributed by atoms with E-state index in [1.807, 2.05) is 12.2 Å². The van der Waals surface area contributed by atoms with Crippen molar-refractivity contribution in [2.24, 2.45) is 0 Å². The van der Waals surface area contributed by atoms with Gasteiger partial charge >= 0.3 is 19.8 Å². The van der Waals surface area contributed by atoms with Crippen LogP contribution in [0.15, 0.2) is 36.5 Å². The number of allylic oxidation sites excluding steroid dienone is 5. The van der Waals surface area contributed by atoms with Crippen LogP contribution >= 0.6 is 7.82 Å². The summed E-state index contributed by atoms with van der Waals surface area (Å²) in [5.74, 6) is -1.19. The Kier molecular flexibility index (Phi) is 33.8. The third-order valence-corrected chi connectivity index (χ3v) is 8.73. The Labute approximate surface area is 293 Å². The maximum atomic E-state index is 12.3. The van der Waals surface area contributed by atoms with Crippen LogP contribution in [-0.2, 0) is 28.2 Å². The maximum absolute atomic E-state index is 12.3. The first-order valence-electron chi connectivity index (χ1n) is 19.3. The maximum Gasteiger partial charge on any atom is 0.469 e. The summed E-state index contributed by atoms with van der Waals surface area (Å²) in [6.45, 7) is 3.54. The predicted molar refractivity (Wildman–Crippen MR) is 198 cm³/mol. The summed E-state index contributed by atoms with van der Waals surface area (Å²) >= 11 is 0. The second-order valence-electron chi connectivity index (χ2n) is 13.0. The van der Waals surface area contributed by atoms with Crippen LogP contribution in [-0.4, -0.2) is 41.0 Å². The lowest BCUT2D eigenvalue weighted by Crippen LogP contribution is -2.29. The fraction of sp³-hybridized carbons (Fsp3) is 0.795. The highest BCUT2D eigenvalue weighted by molar-refractivity contribution is 7.46. The highest BCUT2D eigenvalue weighted by Gasteiger charge is 2.22. The van der Waals surface area contributed by atoms with Crippen LogP contribution in [0.1, 0.15) is 181 Å². The Balaban J connectivity index is 4.09. The quantitative estimate of drug-likeness (QED) is 0.0168. The lowest BCUT2D eigenvalue weighted by atomic mass is 10.1. The van der Waals surface area contributed by atoms with Gasteiger partial charge in [-0.15, -0.1) is 0 Å². The molecular weight excluding hydrogens is 627 g/mol. The molecule has 0 aliphatic heterocycles. The molecule has 0 aromatic carbocycles. The van der Waals surface area contributed by atoms with E-state index in [9.17, 15) is 14.2 Å². The number of unbranched alkanes of at least 4 members (excludes halogenated alkanes) is 22. The summed E-state index contributed by atoms with van der Waals surface area (Å²) in [7, 11) is -4.78. The van der Waals surface area contributed by atoms with Gasteiger partial charge in [0.2, 0.25) is 0 Å². The zero-order valence-corrected chi connectivity index (χ0v) is 31.5. The van der Waals surface area contributed by atoms with Crippen molar-refractivity contribution < 1.29 is 37.9 Å². The molecule has 0 aliphatic rings. The van der Waals surface area contributed by atoms with Crippen molar-refractivity contribution in [3.05, 3.63) is 36.5 Å². The monoisotopic (exact) mass is 698 g/mol. The van der Waals surface area contributed by atoms with Gasteiger partial charge < -0.3 is 19.3 Å². The molecule has 1 atom stereocenters. The topological polar surface area (TPSA) is 119 Å². The van der Waals surface area contributed by atoms with Gasteiger partial charge in [-0.25, -0.2) is 9.36 Å². The molecule has 280 valence electrons. The molecule has 0 fully saturated rings. The molecule has 0 aromatic heterocycles. The number of ether oxygens (including phenoxy) is 2. The molecule has 48 heavy (non-hydrogen) atoms. The summed E-state index contributed by atoms with van der Waals surface area (Å²) in [6, 6.07) is 0. The molecule has 2 N–H and O–H groups in total. The molecule has 0 rings (SSSR count). The number of phosphoric acid groups is 1. The fourth-order valence-corrected chi connectivity index (χ4v) is 5.72. The first-order chi connectivity index (χ1) is 23.3. The van der Waals surface area contributed by atoms with E-state index in [2.05, 4.69) is 24.4 Å². The van der Waals surface area contributed by atoms with Crippen LogP contribution in [0.3, 0.4) is 0 Å². The largest absolute Gasteiger partial charge is 0.469 e. The summed E-state index contributed by atoms with van der Waals surface area (Å²) in [4.78, 5) is 42.5. The first kappa shape index (κ1) is 46.3. The van der Waals surface area contributed by atoms with Crippen LogP contribution in [0.5, 0.6) is 0 Å². The molecule has 0 aliphatic carbocycles. The molecule has 0 heterocycles. The Morgan fingerprint density at radius 3 is 1.50 bits per heavy atom. The highest BCUT2D eigenvalue weighted by Crippen LogP contribution is 2.35. The number of carbonyl (C=O) groups is 2. The molecule has 8 nitrogen and oxygen atoms in total. The molecule has 0 bridgehead atoms. The van der Waals surface area contributed by atoms with Crippen molar-refractivity contribution in [2.75, 3.05) is 13.2 Å². The van der Waals surface area contributed by atoms with Gasteiger partial charge in [0, 0.05) is 12.5 Å². The van der Waals surface area contributed by atoms with Crippen LogP contribution in [0.2, 0.25) is 0 Å². The summed E-state index contributed by atoms with van der Waals surface area (Å²) < 4.78 is 26.1. The van der Waals surface area contributed by atoms with E-state index in [1.54, 1.807) is 12.2 Å². The molecule has 0 aromatic rings. The van der Waals surface area contributed by atoms with Crippen LogP contribution in [0.25, 0.3) is 0 Å². The first-order valence-corrected chi connectivity index (χ1v) is 20.9. The molecule has 9 heteroatoms. The van der Waals surface area contributed by atoms with Gasteiger partial charge in [-0.05, 0) is 32.1 Å². The second kappa shape index (κ2) is 35.1. The average molecular weight is 699 g/mol. The summed E-state index contributed by atoms with van der Waals surface area (Å²) in [5.41, 5.74) is 0. The van der Waals surface area contributed by atoms with Gasteiger partial charge in [0.25, 0.3) is 0 Å². The van der Waals surface area contributed by atoms with Gasteiger partial charge in [0.05, 0.1) is 6.61 Å². The van der Waals surface area contributed by atoms with E-state index < -0.39 is 32.5 Å². The van der Waals surface area contributed by atoms with E-state index >= 15 is 0 Å². The minimum Gasteiger partial charge on any atom is -0.458 e. The van der Waals surface area contributed by atoms with E-state index in [0.717, 1.165) is 25.7 Å². The Morgan fingerprint density at radius 1 is 0.583 bits per heavy atom.